The first-order valence-corrected chi connectivity index (χ1v) is 7.27. The fourth-order valence-electron chi connectivity index (χ4n) is 2.15. The van der Waals surface area contributed by atoms with Crippen LogP contribution < -0.4 is 0 Å². The van der Waals surface area contributed by atoms with Crippen LogP contribution in [0.1, 0.15) is 17.5 Å². The molecule has 2 heteroatoms. The van der Waals surface area contributed by atoms with E-state index in [1.807, 2.05) is 0 Å². The van der Waals surface area contributed by atoms with Crippen LogP contribution in [-0.4, -0.2) is 6.16 Å². The van der Waals surface area contributed by atoms with Gasteiger partial charge in [-0.3, -0.25) is 0 Å². The molecule has 0 aliphatic rings. The topological polar surface area (TPSA) is 0 Å². The van der Waals surface area contributed by atoms with Crippen molar-refractivity contribution in [2.45, 2.75) is 11.6 Å². The van der Waals surface area contributed by atoms with Gasteiger partial charge < -0.3 is 0 Å². The van der Waals surface area contributed by atoms with Gasteiger partial charge in [-0.1, -0.05) is 60.7 Å². The van der Waals surface area contributed by atoms with Gasteiger partial charge in [-0.2, -0.15) is 0 Å². The van der Waals surface area contributed by atoms with E-state index in [1.165, 1.54) is 11.1 Å². The van der Waals surface area contributed by atoms with Gasteiger partial charge in [0.1, 0.15) is 0 Å². The molecule has 0 amide bonds. The molecule has 2 atom stereocenters. The van der Waals surface area contributed by atoms with Crippen LogP contribution in [0.2, 0.25) is 0 Å². The molecule has 0 bridgehead atoms. The summed E-state index contributed by atoms with van der Waals surface area (Å²) in [5, 5.41) is 0.0320. The van der Waals surface area contributed by atoms with E-state index in [4.69, 9.17) is 0 Å². The zero-order chi connectivity index (χ0) is 12.1. The number of rotatable bonds is 4. The highest BCUT2D eigenvalue weighted by Gasteiger charge is 2.27. The summed E-state index contributed by atoms with van der Waals surface area (Å²) in [5.41, 5.74) is 2.72. The van der Waals surface area contributed by atoms with Gasteiger partial charge in [0.05, 0.1) is 0 Å². The van der Waals surface area contributed by atoms with Crippen LogP contribution >= 0.6 is 18.5 Å². The van der Waals surface area contributed by atoms with Gasteiger partial charge in [0, 0.05) is 5.16 Å². The van der Waals surface area contributed by atoms with E-state index in [-0.39, 0.29) is 5.16 Å². The average molecular weight is 260 g/mol. The highest BCUT2D eigenvalue weighted by Crippen LogP contribution is 2.42. The molecule has 0 N–H and O–H groups in total. The summed E-state index contributed by atoms with van der Waals surface area (Å²) in [6.45, 7) is 0. The minimum Gasteiger partial charge on any atom is -0.138 e. The Morgan fingerprint density at radius 2 is 1.18 bits per heavy atom. The molecule has 0 aliphatic carbocycles. The molecular weight excluding hydrogens is 242 g/mol. The van der Waals surface area contributed by atoms with Crippen LogP contribution in [0.25, 0.3) is 0 Å². The molecule has 2 aromatic carbocycles. The van der Waals surface area contributed by atoms with Gasteiger partial charge in [-0.25, -0.2) is 0 Å². The van der Waals surface area contributed by atoms with E-state index in [9.17, 15) is 0 Å². The van der Waals surface area contributed by atoms with Crippen molar-refractivity contribution < 1.29 is 0 Å². The predicted molar refractivity (Wildman–Crippen MR) is 82.6 cm³/mol. The fraction of sp³-hybridized carbons (Fsp3) is 0.200. The van der Waals surface area contributed by atoms with Crippen molar-refractivity contribution >= 4 is 18.5 Å². The van der Waals surface area contributed by atoms with Crippen LogP contribution in [0.3, 0.4) is 0 Å². The molecule has 0 saturated carbocycles. The van der Waals surface area contributed by atoms with Crippen molar-refractivity contribution in [1.29, 1.82) is 0 Å². The third-order valence-electron chi connectivity index (χ3n) is 3.12. The van der Waals surface area contributed by atoms with Crippen molar-refractivity contribution in [3.05, 3.63) is 71.8 Å². The lowest BCUT2D eigenvalue weighted by atomic mass is 9.88. The first-order chi connectivity index (χ1) is 8.27. The minimum absolute atomic E-state index is 0.0320. The molecule has 0 aliphatic heterocycles. The summed E-state index contributed by atoms with van der Waals surface area (Å²) in [6.07, 6.45) is 2.20. The molecule has 0 heterocycles. The molecule has 0 spiro atoms. The van der Waals surface area contributed by atoms with E-state index in [0.717, 1.165) is 12.6 Å². The molecule has 0 saturated heterocycles. The summed E-state index contributed by atoms with van der Waals surface area (Å²) in [4.78, 5) is 0. The fourth-order valence-corrected chi connectivity index (χ4v) is 3.49. The summed E-state index contributed by atoms with van der Waals surface area (Å²) >= 11 is 0. The van der Waals surface area contributed by atoms with Crippen molar-refractivity contribution in [3.8, 4) is 0 Å². The Bertz CT molecular complexity index is 411. The molecule has 0 radical (unpaired) electrons. The van der Waals surface area contributed by atoms with E-state index < -0.39 is 0 Å². The lowest BCUT2D eigenvalue weighted by molar-refractivity contribution is 0.717. The molecule has 0 fully saturated rings. The van der Waals surface area contributed by atoms with E-state index >= 15 is 0 Å². The Balaban J connectivity index is 2.47. The van der Waals surface area contributed by atoms with Crippen LogP contribution in [0.4, 0.5) is 0 Å². The van der Waals surface area contributed by atoms with Gasteiger partial charge in [0.2, 0.25) is 0 Å². The SMILES string of the molecule is PCCC(P)(c1ccccc1)c1ccccc1. The maximum absolute atomic E-state index is 3.05. The van der Waals surface area contributed by atoms with Crippen LogP contribution in [0, 0.1) is 0 Å². The molecule has 2 rings (SSSR count). The van der Waals surface area contributed by atoms with E-state index in [0.29, 0.717) is 0 Å². The molecule has 88 valence electrons. The Morgan fingerprint density at radius 1 is 0.765 bits per heavy atom. The monoisotopic (exact) mass is 260 g/mol. The normalized spacial score (nSPS) is 11.4. The largest absolute Gasteiger partial charge is 0.138 e. The van der Waals surface area contributed by atoms with Crippen LogP contribution in [-0.2, 0) is 5.16 Å². The lowest BCUT2D eigenvalue weighted by Crippen LogP contribution is -2.20. The van der Waals surface area contributed by atoms with Gasteiger partial charge in [0.25, 0.3) is 0 Å². The predicted octanol–water partition coefficient (Wildman–Crippen LogP) is 4.07. The Morgan fingerprint density at radius 3 is 1.53 bits per heavy atom. The van der Waals surface area contributed by atoms with Crippen LogP contribution in [0.5, 0.6) is 0 Å². The second-order valence-corrected chi connectivity index (χ2v) is 5.81. The average Bonchev–Trinajstić information content (AvgIpc) is 2.41. The molecule has 2 unspecified atom stereocenters. The third-order valence-corrected chi connectivity index (χ3v) is 4.36. The van der Waals surface area contributed by atoms with Gasteiger partial charge in [0.15, 0.2) is 0 Å². The quantitative estimate of drug-likeness (QED) is 0.727. The van der Waals surface area contributed by atoms with E-state index in [2.05, 4.69) is 79.1 Å². The number of hydrogen-bond donors (Lipinski definition) is 0. The number of benzene rings is 2. The van der Waals surface area contributed by atoms with Crippen LogP contribution in [0.15, 0.2) is 60.7 Å². The van der Waals surface area contributed by atoms with Crippen molar-refractivity contribution in [3.63, 3.8) is 0 Å². The van der Waals surface area contributed by atoms with Crippen molar-refractivity contribution in [2.24, 2.45) is 0 Å². The molecular formula is C15H18P2. The second kappa shape index (κ2) is 5.76. The smallest absolute Gasteiger partial charge is 0.0347 e. The lowest BCUT2D eigenvalue weighted by Gasteiger charge is -2.30. The molecule has 0 aromatic heterocycles. The second-order valence-electron chi connectivity index (χ2n) is 4.24. The first kappa shape index (κ1) is 12.7. The summed E-state index contributed by atoms with van der Waals surface area (Å²) < 4.78 is 0. The standard InChI is InChI=1S/C15H18P2/c16-12-11-15(17,13-7-3-1-4-8-13)14-9-5-2-6-10-14/h1-10H,11-12,16-17H2. The zero-order valence-corrected chi connectivity index (χ0v) is 12.2. The molecule has 0 nitrogen and oxygen atoms in total. The summed E-state index contributed by atoms with van der Waals surface area (Å²) in [7, 11) is 5.88. The first-order valence-electron chi connectivity index (χ1n) is 5.87. The Kier molecular flexibility index (Phi) is 4.32. The minimum atomic E-state index is 0.0320. The van der Waals surface area contributed by atoms with Crippen molar-refractivity contribution in [2.75, 3.05) is 6.16 Å². The zero-order valence-electron chi connectivity index (χ0n) is 9.84. The Labute approximate surface area is 108 Å². The number of hydrogen-bond acceptors (Lipinski definition) is 0. The van der Waals surface area contributed by atoms with Gasteiger partial charge in [-0.05, 0) is 23.7 Å². The highest BCUT2D eigenvalue weighted by atomic mass is 31.0. The third kappa shape index (κ3) is 2.76. The maximum atomic E-state index is 3.05. The molecule has 17 heavy (non-hydrogen) atoms. The highest BCUT2D eigenvalue weighted by molar-refractivity contribution is 7.19. The summed E-state index contributed by atoms with van der Waals surface area (Å²) in [6, 6.07) is 21.4. The van der Waals surface area contributed by atoms with Gasteiger partial charge >= 0.3 is 0 Å². The summed E-state index contributed by atoms with van der Waals surface area (Å²) in [5.74, 6) is 0. The maximum Gasteiger partial charge on any atom is 0.0347 e. The Hall–Kier alpha value is -0.700. The van der Waals surface area contributed by atoms with E-state index in [1.54, 1.807) is 0 Å². The van der Waals surface area contributed by atoms with Gasteiger partial charge in [-0.15, -0.1) is 18.5 Å². The van der Waals surface area contributed by atoms with Crippen molar-refractivity contribution in [1.82, 2.24) is 0 Å². The molecule has 2 aromatic rings.